The molecular weight excluding hydrogens is 450 g/mol. The molecule has 168 valence electrons. The Labute approximate surface area is 201 Å². The Bertz CT molecular complexity index is 1380. The number of carbonyl (C=O) groups excluding carboxylic acids is 2. The summed E-state index contributed by atoms with van der Waals surface area (Å²) in [7, 11) is 0. The van der Waals surface area contributed by atoms with Crippen LogP contribution in [-0.4, -0.2) is 28.0 Å². The van der Waals surface area contributed by atoms with Gasteiger partial charge in [0, 0.05) is 22.4 Å². The van der Waals surface area contributed by atoms with Crippen molar-refractivity contribution in [2.45, 2.75) is 42.6 Å². The van der Waals surface area contributed by atoms with Gasteiger partial charge in [0.25, 0.3) is 0 Å². The molecule has 4 nitrogen and oxygen atoms in total. The molecule has 0 bridgehead atoms. The van der Waals surface area contributed by atoms with Crippen molar-refractivity contribution >= 4 is 51.3 Å². The van der Waals surface area contributed by atoms with E-state index in [1.165, 1.54) is 17.8 Å². The van der Waals surface area contributed by atoms with Crippen LogP contribution in [0.1, 0.15) is 57.3 Å². The van der Waals surface area contributed by atoms with Crippen LogP contribution in [0.3, 0.4) is 0 Å². The van der Waals surface area contributed by atoms with Gasteiger partial charge in [-0.25, -0.2) is 4.79 Å². The van der Waals surface area contributed by atoms with Gasteiger partial charge < -0.3 is 9.14 Å². The molecule has 4 aromatic rings. The zero-order valence-corrected chi connectivity index (χ0v) is 20.3. The number of ketones is 1. The Kier molecular flexibility index (Phi) is 6.13. The summed E-state index contributed by atoms with van der Waals surface area (Å²) in [6, 6.07) is 13.3. The summed E-state index contributed by atoms with van der Waals surface area (Å²) in [5, 5.41) is 1.07. The first-order valence-electron chi connectivity index (χ1n) is 11.3. The van der Waals surface area contributed by atoms with Crippen LogP contribution in [0.15, 0.2) is 65.0 Å². The molecule has 1 unspecified atom stereocenters. The second-order valence-electron chi connectivity index (χ2n) is 8.21. The first-order chi connectivity index (χ1) is 16.1. The van der Waals surface area contributed by atoms with Gasteiger partial charge in [-0.15, -0.1) is 23.1 Å². The number of hydrogen-bond donors (Lipinski definition) is 0. The third-order valence-electron chi connectivity index (χ3n) is 5.90. The van der Waals surface area contributed by atoms with Gasteiger partial charge in [-0.05, 0) is 50.8 Å². The van der Waals surface area contributed by atoms with Crippen LogP contribution in [0.4, 0.5) is 0 Å². The number of hydrogen-bond acceptors (Lipinski definition) is 5. The van der Waals surface area contributed by atoms with Crippen LogP contribution >= 0.6 is 23.1 Å². The number of aryl methyl sites for hydroxylation is 1. The van der Waals surface area contributed by atoms with Crippen LogP contribution in [0.2, 0.25) is 0 Å². The molecule has 6 heteroatoms. The lowest BCUT2D eigenvalue weighted by Gasteiger charge is -2.14. The lowest BCUT2D eigenvalue weighted by Crippen LogP contribution is -2.06. The highest BCUT2D eigenvalue weighted by Crippen LogP contribution is 2.46. The van der Waals surface area contributed by atoms with Crippen molar-refractivity contribution < 1.29 is 14.3 Å². The highest BCUT2D eigenvalue weighted by Gasteiger charge is 2.30. The van der Waals surface area contributed by atoms with E-state index in [1.54, 1.807) is 18.7 Å². The molecule has 0 spiro atoms. The van der Waals surface area contributed by atoms with Crippen molar-refractivity contribution in [2.24, 2.45) is 0 Å². The Morgan fingerprint density at radius 3 is 2.76 bits per heavy atom. The molecule has 1 aliphatic carbocycles. The number of pyridine rings is 1. The summed E-state index contributed by atoms with van der Waals surface area (Å²) in [6.07, 6.45) is 9.90. The average Bonchev–Trinajstić information content (AvgIpc) is 3.35. The summed E-state index contributed by atoms with van der Waals surface area (Å²) in [6.45, 7) is 4.09. The van der Waals surface area contributed by atoms with E-state index in [0.29, 0.717) is 26.6 Å². The van der Waals surface area contributed by atoms with Gasteiger partial charge in [0.1, 0.15) is 0 Å². The molecule has 1 aliphatic rings. The number of allylic oxidation sites excluding steroid dienone is 1. The highest BCUT2D eigenvalue weighted by atomic mass is 32.2. The molecule has 0 fully saturated rings. The molecule has 1 atom stereocenters. The van der Waals surface area contributed by atoms with Crippen LogP contribution in [0.25, 0.3) is 16.4 Å². The fourth-order valence-electron chi connectivity index (χ4n) is 4.36. The number of esters is 1. The van der Waals surface area contributed by atoms with E-state index in [2.05, 4.69) is 16.6 Å². The quantitative estimate of drug-likeness (QED) is 0.170. The average molecular weight is 476 g/mol. The zero-order valence-electron chi connectivity index (χ0n) is 18.7. The van der Waals surface area contributed by atoms with Crippen molar-refractivity contribution in [1.29, 1.82) is 0 Å². The molecule has 0 radical (unpaired) electrons. The number of carbonyl (C=O) groups is 2. The van der Waals surface area contributed by atoms with Crippen molar-refractivity contribution in [3.63, 3.8) is 0 Å². The molecule has 1 aromatic carbocycles. The van der Waals surface area contributed by atoms with Gasteiger partial charge in [0.05, 0.1) is 32.3 Å². The van der Waals surface area contributed by atoms with Crippen molar-refractivity contribution in [3.8, 4) is 0 Å². The maximum atomic E-state index is 13.7. The van der Waals surface area contributed by atoms with E-state index < -0.39 is 0 Å². The number of fused-ring (bicyclic) bond motifs is 3. The van der Waals surface area contributed by atoms with E-state index in [9.17, 15) is 9.59 Å². The van der Waals surface area contributed by atoms with Crippen molar-refractivity contribution in [1.82, 2.24) is 4.40 Å². The van der Waals surface area contributed by atoms with E-state index in [1.807, 2.05) is 55.6 Å². The van der Waals surface area contributed by atoms with E-state index in [0.717, 1.165) is 33.6 Å². The fraction of sp³-hybridized carbons (Fsp3) is 0.259. The largest absolute Gasteiger partial charge is 0.462 e. The van der Waals surface area contributed by atoms with Gasteiger partial charge in [-0.2, -0.15) is 0 Å². The molecule has 0 saturated carbocycles. The number of aromatic nitrogens is 1. The second-order valence-corrected chi connectivity index (χ2v) is 10.7. The van der Waals surface area contributed by atoms with E-state index in [4.69, 9.17) is 4.74 Å². The van der Waals surface area contributed by atoms with Crippen LogP contribution in [0.5, 0.6) is 0 Å². The molecule has 33 heavy (non-hydrogen) atoms. The first kappa shape index (κ1) is 22.0. The minimum atomic E-state index is -0.385. The lowest BCUT2D eigenvalue weighted by molar-refractivity contribution is 0.0531. The van der Waals surface area contributed by atoms with Gasteiger partial charge in [-0.3, -0.25) is 4.79 Å². The second kappa shape index (κ2) is 9.20. The Morgan fingerprint density at radius 2 is 2.03 bits per heavy atom. The number of nitrogens with zero attached hydrogens (tertiary/aromatic N) is 1. The minimum absolute atomic E-state index is 0.0604. The molecule has 3 aromatic heterocycles. The molecule has 0 amide bonds. The molecule has 0 aliphatic heterocycles. The predicted octanol–water partition coefficient (Wildman–Crippen LogP) is 7.07. The molecule has 0 N–H and O–H groups in total. The smallest absolute Gasteiger partial charge is 0.341 e. The van der Waals surface area contributed by atoms with Gasteiger partial charge in [-0.1, -0.05) is 42.5 Å². The first-order valence-corrected chi connectivity index (χ1v) is 13.0. The normalized spacial score (nSPS) is 15.9. The van der Waals surface area contributed by atoms with Gasteiger partial charge >= 0.3 is 5.97 Å². The lowest BCUT2D eigenvalue weighted by atomic mass is 10.1. The summed E-state index contributed by atoms with van der Waals surface area (Å²) < 4.78 is 8.59. The number of ether oxygens (including phenoxy) is 1. The molecular formula is C27H25NO3S2. The van der Waals surface area contributed by atoms with Gasteiger partial charge in [0.15, 0.2) is 0 Å². The predicted molar refractivity (Wildman–Crippen MR) is 136 cm³/mol. The maximum absolute atomic E-state index is 13.7. The van der Waals surface area contributed by atoms with Crippen LogP contribution in [-0.2, 0) is 4.74 Å². The maximum Gasteiger partial charge on any atom is 0.341 e. The van der Waals surface area contributed by atoms with E-state index in [-0.39, 0.29) is 18.4 Å². The molecule has 0 saturated heterocycles. The Hall–Kier alpha value is -2.83. The molecule has 3 heterocycles. The topological polar surface area (TPSA) is 47.8 Å². The standard InChI is InChI=1S/C27H25NO3S2/c1-3-31-26(30)21-20-16-17(2)14-15-28(20)23-22(21)25(24(29)18-10-6-4-7-11-18)33-27(23)32-19-12-8-5-9-13-19/h4,6-8,10-12,14-16,19H,3,5,9,13H2,1-2H3. The summed E-state index contributed by atoms with van der Waals surface area (Å²) >= 11 is 3.29. The monoisotopic (exact) mass is 475 g/mol. The number of thioether (sulfide) groups is 1. The number of thiophene rings is 1. The van der Waals surface area contributed by atoms with Crippen LogP contribution < -0.4 is 0 Å². The zero-order chi connectivity index (χ0) is 22.9. The summed E-state index contributed by atoms with van der Waals surface area (Å²) in [5.74, 6) is -0.445. The summed E-state index contributed by atoms with van der Waals surface area (Å²) in [4.78, 5) is 27.5. The number of benzene rings is 1. The summed E-state index contributed by atoms with van der Waals surface area (Å²) in [5.41, 5.74) is 3.88. The van der Waals surface area contributed by atoms with Crippen molar-refractivity contribution in [2.75, 3.05) is 6.61 Å². The third kappa shape index (κ3) is 4.02. The van der Waals surface area contributed by atoms with Crippen molar-refractivity contribution in [3.05, 3.63) is 82.4 Å². The minimum Gasteiger partial charge on any atom is -0.462 e. The Morgan fingerprint density at radius 1 is 1.21 bits per heavy atom. The third-order valence-corrected chi connectivity index (χ3v) is 8.51. The molecule has 5 rings (SSSR count). The van der Waals surface area contributed by atoms with Gasteiger partial charge in [0.2, 0.25) is 5.78 Å². The SMILES string of the molecule is CCOC(=O)c1c2c(C(=O)c3ccccc3)sc(SC3C=CCCC3)c2n2ccc(C)cc12. The highest BCUT2D eigenvalue weighted by molar-refractivity contribution is 8.02. The number of rotatable bonds is 6. The van der Waals surface area contributed by atoms with Crippen LogP contribution in [0, 0.1) is 6.92 Å². The fourth-order valence-corrected chi connectivity index (χ4v) is 7.23. The Balaban J connectivity index is 1.80. The van der Waals surface area contributed by atoms with E-state index >= 15 is 0 Å².